The lowest BCUT2D eigenvalue weighted by molar-refractivity contribution is 0.120. The quantitative estimate of drug-likeness (QED) is 0.496. The molecule has 2 unspecified atom stereocenters. The lowest BCUT2D eigenvalue weighted by Crippen LogP contribution is -2.54. The molecule has 2 aromatic rings. The maximum absolute atomic E-state index is 5.55. The van der Waals surface area contributed by atoms with Crippen LogP contribution in [0.3, 0.4) is 0 Å². The van der Waals surface area contributed by atoms with Crippen LogP contribution in [0.1, 0.15) is 37.3 Å². The number of ether oxygens (including phenoxy) is 1. The lowest BCUT2D eigenvalue weighted by Gasteiger charge is -2.46. The Hall–Kier alpha value is -1.46. The Labute approximate surface area is 180 Å². The molecule has 0 saturated carbocycles. The van der Waals surface area contributed by atoms with Gasteiger partial charge in [-0.2, -0.15) is 0 Å². The van der Waals surface area contributed by atoms with E-state index in [9.17, 15) is 0 Å². The predicted octanol–water partition coefficient (Wildman–Crippen LogP) is 6.00. The van der Waals surface area contributed by atoms with Gasteiger partial charge in [0.15, 0.2) is 0 Å². The molecule has 0 N–H and O–H groups in total. The second kappa shape index (κ2) is 8.91. The van der Waals surface area contributed by atoms with E-state index in [0.29, 0.717) is 6.04 Å². The van der Waals surface area contributed by atoms with Crippen LogP contribution in [0.4, 0.5) is 0 Å². The van der Waals surface area contributed by atoms with Crippen molar-refractivity contribution in [2.45, 2.75) is 42.9 Å². The van der Waals surface area contributed by atoms with Crippen molar-refractivity contribution in [1.82, 2.24) is 4.90 Å². The molecule has 1 fully saturated rings. The van der Waals surface area contributed by atoms with Gasteiger partial charge in [-0.25, -0.2) is 0 Å². The van der Waals surface area contributed by atoms with Crippen LogP contribution < -0.4 is 4.74 Å². The predicted molar refractivity (Wildman–Crippen MR) is 122 cm³/mol. The Balaban J connectivity index is 1.58. The van der Waals surface area contributed by atoms with Crippen molar-refractivity contribution < 1.29 is 4.74 Å². The largest absolute Gasteiger partial charge is 0.496 e. The van der Waals surface area contributed by atoms with Gasteiger partial charge in [0.05, 0.1) is 7.11 Å². The van der Waals surface area contributed by atoms with E-state index in [1.165, 1.54) is 41.1 Å². The van der Waals surface area contributed by atoms with E-state index in [1.54, 1.807) is 7.11 Å². The number of amidine groups is 1. The second-order valence-electron chi connectivity index (χ2n) is 7.45. The molecule has 3 nitrogen and oxygen atoms in total. The third kappa shape index (κ3) is 3.97. The van der Waals surface area contributed by atoms with E-state index >= 15 is 0 Å². The fraction of sp³-hybridized carbons (Fsp3) is 0.435. The first-order valence-electron chi connectivity index (χ1n) is 10.1. The molecule has 2 heterocycles. The highest BCUT2D eigenvalue weighted by molar-refractivity contribution is 9.10. The zero-order valence-electron chi connectivity index (χ0n) is 16.5. The molecular weight excluding hydrogens is 432 g/mol. The molecule has 4 rings (SSSR count). The van der Waals surface area contributed by atoms with Crippen LogP contribution in [-0.4, -0.2) is 37.0 Å². The minimum absolute atomic E-state index is 0.675. The minimum Gasteiger partial charge on any atom is -0.496 e. The number of fused-ring (bicyclic) bond motifs is 1. The number of methoxy groups -OCH3 is 1. The van der Waals surface area contributed by atoms with Crippen LogP contribution in [0.5, 0.6) is 5.75 Å². The molecule has 2 aliphatic rings. The Morgan fingerprint density at radius 3 is 2.82 bits per heavy atom. The number of nitrogens with zero attached hydrogens (tertiary/aromatic N) is 2. The number of halogens is 1. The van der Waals surface area contributed by atoms with Crippen LogP contribution >= 0.6 is 27.7 Å². The molecule has 0 bridgehead atoms. The summed E-state index contributed by atoms with van der Waals surface area (Å²) in [6.07, 6.45) is 3.77. The van der Waals surface area contributed by atoms with Crippen LogP contribution in [0, 0.1) is 5.92 Å². The average Bonchev–Trinajstić information content (AvgIpc) is 2.81. The molecule has 148 valence electrons. The first kappa shape index (κ1) is 19.8. The molecule has 28 heavy (non-hydrogen) atoms. The summed E-state index contributed by atoms with van der Waals surface area (Å²) in [5, 5.41) is 0. The topological polar surface area (TPSA) is 24.8 Å². The maximum Gasteiger partial charge on any atom is 0.132 e. The smallest absolute Gasteiger partial charge is 0.132 e. The highest BCUT2D eigenvalue weighted by atomic mass is 79.9. The molecule has 1 saturated heterocycles. The van der Waals surface area contributed by atoms with Crippen molar-refractivity contribution in [3.63, 3.8) is 0 Å². The number of hydrogen-bond donors (Lipinski definition) is 0. The summed E-state index contributed by atoms with van der Waals surface area (Å²) in [6, 6.07) is 15.6. The SMILES string of the molecule is CCC1CCN=C(c2ccccc2SCc2cc(Br)ccc2OC)N2CCC12. The van der Waals surface area contributed by atoms with Crippen molar-refractivity contribution >= 4 is 33.5 Å². The summed E-state index contributed by atoms with van der Waals surface area (Å²) >= 11 is 5.45. The minimum atomic E-state index is 0.675. The lowest BCUT2D eigenvalue weighted by atomic mass is 9.85. The summed E-state index contributed by atoms with van der Waals surface area (Å²) in [5.74, 6) is 3.79. The average molecular weight is 459 g/mol. The number of rotatable bonds is 6. The molecule has 0 radical (unpaired) electrons. The summed E-state index contributed by atoms with van der Waals surface area (Å²) in [6.45, 7) is 4.40. The Morgan fingerprint density at radius 2 is 2.07 bits per heavy atom. The molecule has 2 aliphatic heterocycles. The Kier molecular flexibility index (Phi) is 6.32. The van der Waals surface area contributed by atoms with Gasteiger partial charge in [0.25, 0.3) is 0 Å². The first-order valence-corrected chi connectivity index (χ1v) is 11.8. The van der Waals surface area contributed by atoms with Gasteiger partial charge in [-0.1, -0.05) is 47.5 Å². The van der Waals surface area contributed by atoms with E-state index in [4.69, 9.17) is 9.73 Å². The van der Waals surface area contributed by atoms with E-state index in [-0.39, 0.29) is 0 Å². The molecule has 0 spiro atoms. The van der Waals surface area contributed by atoms with Gasteiger partial charge in [0, 0.05) is 45.4 Å². The molecular formula is C23H27BrN2OS. The zero-order valence-corrected chi connectivity index (χ0v) is 18.9. The number of hydrogen-bond acceptors (Lipinski definition) is 4. The zero-order chi connectivity index (χ0) is 19.5. The molecule has 0 amide bonds. The van der Waals surface area contributed by atoms with Gasteiger partial charge in [-0.05, 0) is 43.0 Å². The van der Waals surface area contributed by atoms with Gasteiger partial charge < -0.3 is 9.64 Å². The first-order chi connectivity index (χ1) is 13.7. The standard InChI is InChI=1S/C23H27BrN2OS/c1-3-16-10-12-25-23(26-13-11-20(16)26)19-6-4-5-7-22(19)28-15-17-14-18(24)8-9-21(17)27-2/h4-9,14,16,20H,3,10-13,15H2,1-2H3. The van der Waals surface area contributed by atoms with Crippen molar-refractivity contribution in [1.29, 1.82) is 0 Å². The van der Waals surface area contributed by atoms with Crippen LogP contribution in [0.2, 0.25) is 0 Å². The van der Waals surface area contributed by atoms with Gasteiger partial charge in [-0.3, -0.25) is 4.99 Å². The normalized spacial score (nSPS) is 21.4. The monoisotopic (exact) mass is 458 g/mol. The van der Waals surface area contributed by atoms with E-state index in [0.717, 1.165) is 35.0 Å². The molecule has 0 aliphatic carbocycles. The van der Waals surface area contributed by atoms with Gasteiger partial charge in [0.1, 0.15) is 11.6 Å². The van der Waals surface area contributed by atoms with Crippen molar-refractivity contribution in [2.24, 2.45) is 10.9 Å². The second-order valence-corrected chi connectivity index (χ2v) is 9.39. The van der Waals surface area contributed by atoms with Crippen molar-refractivity contribution in [2.75, 3.05) is 20.2 Å². The highest BCUT2D eigenvalue weighted by Gasteiger charge is 2.38. The van der Waals surface area contributed by atoms with Crippen molar-refractivity contribution in [3.8, 4) is 5.75 Å². The number of aliphatic imine (C=N–C) groups is 1. The summed E-state index contributed by atoms with van der Waals surface area (Å²) < 4.78 is 6.63. The van der Waals surface area contributed by atoms with Gasteiger partial charge >= 0.3 is 0 Å². The molecule has 0 aromatic heterocycles. The fourth-order valence-electron chi connectivity index (χ4n) is 4.29. The third-order valence-corrected chi connectivity index (χ3v) is 7.54. The van der Waals surface area contributed by atoms with E-state index in [1.807, 2.05) is 23.9 Å². The molecule has 2 atom stereocenters. The number of benzene rings is 2. The third-order valence-electron chi connectivity index (χ3n) is 5.92. The Bertz CT molecular complexity index is 869. The summed E-state index contributed by atoms with van der Waals surface area (Å²) in [4.78, 5) is 8.89. The van der Waals surface area contributed by atoms with Gasteiger partial charge in [0.2, 0.25) is 0 Å². The summed E-state index contributed by atoms with van der Waals surface area (Å²) in [7, 11) is 1.74. The molecule has 2 aromatic carbocycles. The van der Waals surface area contributed by atoms with Crippen LogP contribution in [-0.2, 0) is 5.75 Å². The Morgan fingerprint density at radius 1 is 1.21 bits per heavy atom. The molecule has 5 heteroatoms. The highest BCUT2D eigenvalue weighted by Crippen LogP contribution is 2.37. The van der Waals surface area contributed by atoms with Crippen LogP contribution in [0.25, 0.3) is 0 Å². The van der Waals surface area contributed by atoms with Gasteiger partial charge in [-0.15, -0.1) is 11.8 Å². The summed E-state index contributed by atoms with van der Waals surface area (Å²) in [5.41, 5.74) is 2.48. The van der Waals surface area contributed by atoms with Crippen molar-refractivity contribution in [3.05, 3.63) is 58.1 Å². The van der Waals surface area contributed by atoms with E-state index < -0.39 is 0 Å². The number of thioether (sulfide) groups is 1. The van der Waals surface area contributed by atoms with Crippen LogP contribution in [0.15, 0.2) is 56.8 Å². The van der Waals surface area contributed by atoms with E-state index in [2.05, 4.69) is 58.1 Å². The fourth-order valence-corrected chi connectivity index (χ4v) is 5.72. The maximum atomic E-state index is 5.55.